The molecule has 0 fully saturated rings. The molecule has 0 amide bonds. The first-order valence-corrected chi connectivity index (χ1v) is 7.10. The third-order valence-corrected chi connectivity index (χ3v) is 4.68. The van der Waals surface area contributed by atoms with E-state index in [1.165, 1.54) is 24.5 Å². The molecule has 0 bridgehead atoms. The summed E-state index contributed by atoms with van der Waals surface area (Å²) in [5.74, 6) is 0.742. The molecule has 0 saturated heterocycles. The molecule has 2 N–H and O–H groups in total. The Bertz CT molecular complexity index is 704. The van der Waals surface area contributed by atoms with Crippen LogP contribution in [0.15, 0.2) is 35.5 Å². The molecule has 6 nitrogen and oxygen atoms in total. The second-order valence-corrected chi connectivity index (χ2v) is 6.50. The van der Waals surface area contributed by atoms with E-state index in [0.29, 0.717) is 11.4 Å². The van der Waals surface area contributed by atoms with Crippen LogP contribution in [-0.4, -0.2) is 36.4 Å². The minimum absolute atomic E-state index is 0.204. The van der Waals surface area contributed by atoms with Gasteiger partial charge in [0.15, 0.2) is 0 Å². The van der Waals surface area contributed by atoms with E-state index < -0.39 is 10.0 Å². The van der Waals surface area contributed by atoms with Crippen LogP contribution in [0.4, 0.5) is 5.69 Å². The van der Waals surface area contributed by atoms with Gasteiger partial charge in [-0.25, -0.2) is 17.7 Å². The number of hydrogen-bond donors (Lipinski definition) is 1. The van der Waals surface area contributed by atoms with E-state index in [0.717, 1.165) is 5.82 Å². The highest BCUT2D eigenvalue weighted by atomic mass is 32.2. The van der Waals surface area contributed by atoms with Gasteiger partial charge >= 0.3 is 0 Å². The van der Waals surface area contributed by atoms with Crippen LogP contribution in [0.5, 0.6) is 0 Å². The van der Waals surface area contributed by atoms with Crippen molar-refractivity contribution in [3.05, 3.63) is 36.4 Å². The van der Waals surface area contributed by atoms with E-state index in [-0.39, 0.29) is 4.90 Å². The van der Waals surface area contributed by atoms with Crippen molar-refractivity contribution in [1.82, 2.24) is 13.9 Å². The summed E-state index contributed by atoms with van der Waals surface area (Å²) in [6.07, 6.45) is 3.38. The average molecular weight is 280 g/mol. The third kappa shape index (κ3) is 2.34. The predicted molar refractivity (Wildman–Crippen MR) is 73.6 cm³/mol. The number of nitrogen functional groups attached to an aromatic ring is 1. The number of sulfonamides is 1. The van der Waals surface area contributed by atoms with Gasteiger partial charge in [-0.2, -0.15) is 0 Å². The molecule has 0 aliphatic carbocycles. The first kappa shape index (κ1) is 13.6. The molecule has 0 spiro atoms. The number of hydrogen-bond acceptors (Lipinski definition) is 4. The first-order valence-electron chi connectivity index (χ1n) is 5.66. The highest BCUT2D eigenvalue weighted by Crippen LogP contribution is 2.24. The molecule has 0 saturated carbocycles. The van der Waals surface area contributed by atoms with Crippen molar-refractivity contribution in [2.45, 2.75) is 11.8 Å². The van der Waals surface area contributed by atoms with E-state index in [1.807, 2.05) is 6.92 Å². The van der Waals surface area contributed by atoms with E-state index >= 15 is 0 Å². The van der Waals surface area contributed by atoms with Gasteiger partial charge in [-0.15, -0.1) is 0 Å². The largest absolute Gasteiger partial charge is 0.397 e. The number of aryl methyl sites for hydroxylation is 1. The van der Waals surface area contributed by atoms with Crippen molar-refractivity contribution in [1.29, 1.82) is 0 Å². The number of nitrogens with zero attached hydrogens (tertiary/aromatic N) is 3. The van der Waals surface area contributed by atoms with Crippen molar-refractivity contribution >= 4 is 15.7 Å². The lowest BCUT2D eigenvalue weighted by Crippen LogP contribution is -2.22. The van der Waals surface area contributed by atoms with E-state index in [9.17, 15) is 8.42 Å². The summed E-state index contributed by atoms with van der Waals surface area (Å²) < 4.78 is 27.1. The fourth-order valence-corrected chi connectivity index (χ4v) is 2.66. The number of aromatic nitrogens is 2. The van der Waals surface area contributed by atoms with Crippen LogP contribution < -0.4 is 5.73 Å². The van der Waals surface area contributed by atoms with Gasteiger partial charge in [0, 0.05) is 26.5 Å². The van der Waals surface area contributed by atoms with Crippen LogP contribution in [-0.2, 0) is 10.0 Å². The number of nitrogens with two attached hydrogens (primary N) is 1. The summed E-state index contributed by atoms with van der Waals surface area (Å²) in [5, 5.41) is 0. The Morgan fingerprint density at radius 2 is 2.00 bits per heavy atom. The summed E-state index contributed by atoms with van der Waals surface area (Å²) in [6.45, 7) is 1.83. The molecule has 7 heteroatoms. The van der Waals surface area contributed by atoms with Crippen molar-refractivity contribution in [2.75, 3.05) is 19.8 Å². The second-order valence-electron chi connectivity index (χ2n) is 4.35. The van der Waals surface area contributed by atoms with Gasteiger partial charge in [0.25, 0.3) is 0 Å². The topological polar surface area (TPSA) is 81.2 Å². The zero-order valence-corrected chi connectivity index (χ0v) is 11.8. The maximum Gasteiger partial charge on any atom is 0.242 e. The van der Waals surface area contributed by atoms with Gasteiger partial charge in [0.1, 0.15) is 5.82 Å². The maximum atomic E-state index is 12.1. The molecule has 1 aromatic heterocycles. The fourth-order valence-electron chi connectivity index (χ4n) is 1.74. The van der Waals surface area contributed by atoms with Gasteiger partial charge in [0.2, 0.25) is 10.0 Å². The molecule has 0 aliphatic rings. The number of rotatable bonds is 3. The third-order valence-electron chi connectivity index (χ3n) is 2.87. The van der Waals surface area contributed by atoms with Crippen molar-refractivity contribution in [2.24, 2.45) is 0 Å². The highest BCUT2D eigenvalue weighted by Gasteiger charge is 2.19. The van der Waals surface area contributed by atoms with Gasteiger partial charge in [-0.3, -0.25) is 0 Å². The normalized spacial score (nSPS) is 12.0. The lowest BCUT2D eigenvalue weighted by molar-refractivity contribution is 0.520. The second kappa shape index (κ2) is 4.67. The molecule has 1 aromatic carbocycles. The van der Waals surface area contributed by atoms with E-state index in [2.05, 4.69) is 4.98 Å². The van der Waals surface area contributed by atoms with Gasteiger partial charge in [0.05, 0.1) is 16.3 Å². The van der Waals surface area contributed by atoms with Crippen LogP contribution in [0, 0.1) is 6.92 Å². The van der Waals surface area contributed by atoms with E-state index in [4.69, 9.17) is 5.73 Å². The Labute approximate surface area is 112 Å². The lowest BCUT2D eigenvalue weighted by Gasteiger charge is -2.14. The standard InChI is InChI=1S/C12H16N4O2S/c1-9-14-6-7-16(9)12-8-10(4-5-11(12)13)19(17,18)15(2)3/h4-8H,13H2,1-3H3. The summed E-state index contributed by atoms with van der Waals surface area (Å²) in [6, 6.07) is 4.64. The minimum Gasteiger partial charge on any atom is -0.397 e. The van der Waals surface area contributed by atoms with Crippen LogP contribution in [0.1, 0.15) is 5.82 Å². The Morgan fingerprint density at radius 3 is 2.53 bits per heavy atom. The average Bonchev–Trinajstić information content (AvgIpc) is 2.75. The molecule has 1 heterocycles. The monoisotopic (exact) mass is 280 g/mol. The Morgan fingerprint density at radius 1 is 1.32 bits per heavy atom. The number of anilines is 1. The smallest absolute Gasteiger partial charge is 0.242 e. The lowest BCUT2D eigenvalue weighted by atomic mass is 10.2. The minimum atomic E-state index is -3.48. The zero-order chi connectivity index (χ0) is 14.2. The first-order chi connectivity index (χ1) is 8.84. The highest BCUT2D eigenvalue weighted by molar-refractivity contribution is 7.89. The van der Waals surface area contributed by atoms with Crippen LogP contribution in [0.2, 0.25) is 0 Å². The van der Waals surface area contributed by atoms with Crippen LogP contribution >= 0.6 is 0 Å². The van der Waals surface area contributed by atoms with Gasteiger partial charge in [-0.05, 0) is 25.1 Å². The number of benzene rings is 1. The van der Waals surface area contributed by atoms with Crippen molar-refractivity contribution in [3.8, 4) is 5.69 Å². The SMILES string of the molecule is Cc1nccn1-c1cc(S(=O)(=O)N(C)C)ccc1N. The van der Waals surface area contributed by atoms with Crippen molar-refractivity contribution < 1.29 is 8.42 Å². The molecule has 0 radical (unpaired) electrons. The Kier molecular flexibility index (Phi) is 3.34. The molecule has 0 unspecified atom stereocenters. The predicted octanol–water partition coefficient (Wildman–Crippen LogP) is 1.01. The molecule has 102 valence electrons. The van der Waals surface area contributed by atoms with Crippen LogP contribution in [0.25, 0.3) is 5.69 Å². The molecule has 2 aromatic rings. The fraction of sp³-hybridized carbons (Fsp3) is 0.250. The zero-order valence-electron chi connectivity index (χ0n) is 11.0. The van der Waals surface area contributed by atoms with Crippen molar-refractivity contribution in [3.63, 3.8) is 0 Å². The summed E-state index contributed by atoms with van der Waals surface area (Å²) in [5.41, 5.74) is 7.02. The Hall–Kier alpha value is -1.86. The molecule has 0 atom stereocenters. The molecule has 19 heavy (non-hydrogen) atoms. The molecule has 2 rings (SSSR count). The molecule has 0 aliphatic heterocycles. The molecular weight excluding hydrogens is 264 g/mol. The van der Waals surface area contributed by atoms with Gasteiger partial charge < -0.3 is 10.3 Å². The quantitative estimate of drug-likeness (QED) is 0.851. The summed E-state index contributed by atoms with van der Waals surface area (Å²) in [7, 11) is -0.488. The summed E-state index contributed by atoms with van der Waals surface area (Å²) in [4.78, 5) is 4.31. The van der Waals surface area contributed by atoms with Crippen LogP contribution in [0.3, 0.4) is 0 Å². The number of imidazole rings is 1. The van der Waals surface area contributed by atoms with E-state index in [1.54, 1.807) is 29.1 Å². The summed E-state index contributed by atoms with van der Waals surface area (Å²) >= 11 is 0. The van der Waals surface area contributed by atoms with Gasteiger partial charge in [-0.1, -0.05) is 0 Å². The Balaban J connectivity index is 2.63. The molecular formula is C12H16N4O2S. The maximum absolute atomic E-state index is 12.1.